The number of ketones is 1. The Labute approximate surface area is 122 Å². The van der Waals surface area contributed by atoms with Gasteiger partial charge in [0.2, 0.25) is 11.8 Å². The summed E-state index contributed by atoms with van der Waals surface area (Å²) < 4.78 is 15.1. The lowest BCUT2D eigenvalue weighted by molar-refractivity contribution is 0.0984. The zero-order valence-electron chi connectivity index (χ0n) is 12.1. The second-order valence-electron chi connectivity index (χ2n) is 4.22. The number of carbonyl (C=O) groups is 1. The van der Waals surface area contributed by atoms with E-state index >= 15 is 0 Å². The summed E-state index contributed by atoms with van der Waals surface area (Å²) in [6.07, 6.45) is 1.60. The van der Waals surface area contributed by atoms with E-state index < -0.39 is 0 Å². The Kier molecular flexibility index (Phi) is 4.71. The van der Waals surface area contributed by atoms with Crippen molar-refractivity contribution < 1.29 is 19.0 Å². The molecule has 0 N–H and O–H groups in total. The summed E-state index contributed by atoms with van der Waals surface area (Å²) in [5.74, 6) is 1.03. The van der Waals surface area contributed by atoms with Crippen molar-refractivity contribution in [3.8, 4) is 17.5 Å². The molecule has 110 valence electrons. The van der Waals surface area contributed by atoms with Crippen molar-refractivity contribution in [2.75, 3.05) is 21.3 Å². The minimum absolute atomic E-state index is 0.160. The van der Waals surface area contributed by atoms with Crippen LogP contribution in [-0.2, 0) is 6.42 Å². The van der Waals surface area contributed by atoms with Gasteiger partial charge in [-0.3, -0.25) is 4.79 Å². The summed E-state index contributed by atoms with van der Waals surface area (Å²) in [6.45, 7) is 0. The van der Waals surface area contributed by atoms with Gasteiger partial charge in [0.1, 0.15) is 5.75 Å². The molecule has 0 amide bonds. The molecule has 0 aliphatic carbocycles. The van der Waals surface area contributed by atoms with Gasteiger partial charge in [-0.15, -0.1) is 0 Å². The molecule has 0 fully saturated rings. The van der Waals surface area contributed by atoms with E-state index in [1.165, 1.54) is 20.4 Å². The normalized spacial score (nSPS) is 10.0. The predicted molar refractivity (Wildman–Crippen MR) is 76.2 cm³/mol. The van der Waals surface area contributed by atoms with Crippen LogP contribution in [-0.4, -0.2) is 37.1 Å². The second kappa shape index (κ2) is 6.69. The number of rotatable bonds is 6. The molecule has 0 aliphatic heterocycles. The van der Waals surface area contributed by atoms with Crippen LogP contribution >= 0.6 is 0 Å². The van der Waals surface area contributed by atoms with Crippen molar-refractivity contribution in [2.45, 2.75) is 6.42 Å². The van der Waals surface area contributed by atoms with Gasteiger partial charge in [-0.25, -0.2) is 4.98 Å². The fourth-order valence-electron chi connectivity index (χ4n) is 1.80. The Morgan fingerprint density at radius 3 is 2.33 bits per heavy atom. The quantitative estimate of drug-likeness (QED) is 0.756. The number of benzene rings is 1. The highest BCUT2D eigenvalue weighted by atomic mass is 16.5. The minimum Gasteiger partial charge on any atom is -0.497 e. The summed E-state index contributed by atoms with van der Waals surface area (Å²) in [5.41, 5.74) is 1.05. The number of ether oxygens (including phenoxy) is 3. The smallest absolute Gasteiger partial charge is 0.246 e. The number of methoxy groups -OCH3 is 3. The molecule has 0 unspecified atom stereocenters. The van der Waals surface area contributed by atoms with Crippen LogP contribution < -0.4 is 14.2 Å². The molecule has 0 atom stereocenters. The third-order valence-corrected chi connectivity index (χ3v) is 2.91. The van der Waals surface area contributed by atoms with Crippen molar-refractivity contribution >= 4 is 5.78 Å². The Morgan fingerprint density at radius 2 is 1.76 bits per heavy atom. The Hall–Kier alpha value is -2.63. The first-order chi connectivity index (χ1) is 10.2. The van der Waals surface area contributed by atoms with E-state index in [1.807, 2.05) is 12.1 Å². The summed E-state index contributed by atoms with van der Waals surface area (Å²) in [6, 6.07) is 7.28. The molecule has 21 heavy (non-hydrogen) atoms. The third-order valence-electron chi connectivity index (χ3n) is 2.91. The molecule has 0 radical (unpaired) electrons. The molecular weight excluding hydrogens is 272 g/mol. The Balaban J connectivity index is 2.19. The van der Waals surface area contributed by atoms with E-state index in [9.17, 15) is 4.79 Å². The van der Waals surface area contributed by atoms with Crippen LogP contribution in [0.3, 0.4) is 0 Å². The molecule has 0 saturated carbocycles. The number of carbonyl (C=O) groups excluding carboxylic acids is 1. The van der Waals surface area contributed by atoms with Crippen molar-refractivity contribution in [2.24, 2.45) is 0 Å². The molecule has 0 bridgehead atoms. The maximum Gasteiger partial charge on any atom is 0.246 e. The number of aromatic nitrogens is 2. The highest BCUT2D eigenvalue weighted by Crippen LogP contribution is 2.19. The van der Waals surface area contributed by atoms with Gasteiger partial charge in [0.15, 0.2) is 11.5 Å². The maximum atomic E-state index is 12.3. The fourth-order valence-corrected chi connectivity index (χ4v) is 1.80. The molecule has 0 spiro atoms. The molecule has 0 aliphatic rings. The maximum absolute atomic E-state index is 12.3. The van der Waals surface area contributed by atoms with Gasteiger partial charge in [-0.05, 0) is 17.7 Å². The van der Waals surface area contributed by atoms with Crippen LogP contribution in [0.25, 0.3) is 0 Å². The lowest BCUT2D eigenvalue weighted by atomic mass is 10.1. The standard InChI is InChI=1S/C15H16N2O4/c1-19-11-6-4-10(5-7-11)8-12(18)14-15(21-3)17-13(20-2)9-16-14/h4-7,9H,8H2,1-3H3. The molecule has 2 aromatic rings. The number of hydrogen-bond donors (Lipinski definition) is 0. The van der Waals surface area contributed by atoms with E-state index in [0.717, 1.165) is 11.3 Å². The summed E-state index contributed by atoms with van der Waals surface area (Å²) >= 11 is 0. The van der Waals surface area contributed by atoms with Gasteiger partial charge in [0.05, 0.1) is 27.5 Å². The van der Waals surface area contributed by atoms with Gasteiger partial charge in [0, 0.05) is 6.42 Å². The first-order valence-corrected chi connectivity index (χ1v) is 6.29. The molecule has 2 rings (SSSR count). The predicted octanol–water partition coefficient (Wildman–Crippen LogP) is 1.93. The van der Waals surface area contributed by atoms with E-state index in [0.29, 0.717) is 5.88 Å². The SMILES string of the molecule is COc1ccc(CC(=O)c2ncc(OC)nc2OC)cc1. The van der Waals surface area contributed by atoms with Gasteiger partial charge < -0.3 is 14.2 Å². The van der Waals surface area contributed by atoms with Crippen LogP contribution in [0.1, 0.15) is 16.1 Å². The van der Waals surface area contributed by atoms with Crippen molar-refractivity contribution in [3.05, 3.63) is 41.7 Å². The van der Waals surface area contributed by atoms with E-state index in [2.05, 4.69) is 9.97 Å². The highest BCUT2D eigenvalue weighted by Gasteiger charge is 2.17. The number of hydrogen-bond acceptors (Lipinski definition) is 6. The largest absolute Gasteiger partial charge is 0.497 e. The number of nitrogens with zero attached hydrogens (tertiary/aromatic N) is 2. The van der Waals surface area contributed by atoms with Crippen molar-refractivity contribution in [1.29, 1.82) is 0 Å². The van der Waals surface area contributed by atoms with Gasteiger partial charge in [0.25, 0.3) is 0 Å². The second-order valence-corrected chi connectivity index (χ2v) is 4.22. The van der Waals surface area contributed by atoms with Crippen LogP contribution in [0.5, 0.6) is 17.5 Å². The molecule has 1 aromatic heterocycles. The van der Waals surface area contributed by atoms with Crippen LogP contribution in [0.15, 0.2) is 30.5 Å². The lowest BCUT2D eigenvalue weighted by Crippen LogP contribution is -2.10. The topological polar surface area (TPSA) is 70.5 Å². The molecule has 6 heteroatoms. The third kappa shape index (κ3) is 3.47. The van der Waals surface area contributed by atoms with Crippen LogP contribution in [0.4, 0.5) is 0 Å². The Morgan fingerprint density at radius 1 is 1.05 bits per heavy atom. The Bertz CT molecular complexity index is 626. The van der Waals surface area contributed by atoms with Crippen LogP contribution in [0, 0.1) is 0 Å². The van der Waals surface area contributed by atoms with Crippen LogP contribution in [0.2, 0.25) is 0 Å². The van der Waals surface area contributed by atoms with Gasteiger partial charge >= 0.3 is 0 Å². The zero-order chi connectivity index (χ0) is 15.2. The summed E-state index contributed by atoms with van der Waals surface area (Å²) in [5, 5.41) is 0. The van der Waals surface area contributed by atoms with Gasteiger partial charge in [-0.2, -0.15) is 4.98 Å². The molecule has 1 heterocycles. The fraction of sp³-hybridized carbons (Fsp3) is 0.267. The first-order valence-electron chi connectivity index (χ1n) is 6.29. The first kappa shape index (κ1) is 14.8. The molecule has 6 nitrogen and oxygen atoms in total. The summed E-state index contributed by atoms with van der Waals surface area (Å²) in [7, 11) is 4.51. The molecular formula is C15H16N2O4. The average Bonchev–Trinajstić information content (AvgIpc) is 2.54. The van der Waals surface area contributed by atoms with Crippen molar-refractivity contribution in [3.63, 3.8) is 0 Å². The molecule has 0 saturated heterocycles. The van der Waals surface area contributed by atoms with Crippen molar-refractivity contribution in [1.82, 2.24) is 9.97 Å². The van der Waals surface area contributed by atoms with Gasteiger partial charge in [-0.1, -0.05) is 12.1 Å². The lowest BCUT2D eigenvalue weighted by Gasteiger charge is -2.07. The average molecular weight is 288 g/mol. The minimum atomic E-state index is -0.174. The number of Topliss-reactive ketones (excluding diaryl/α,β-unsaturated/α-hetero) is 1. The van der Waals surface area contributed by atoms with E-state index in [4.69, 9.17) is 14.2 Å². The van der Waals surface area contributed by atoms with E-state index in [1.54, 1.807) is 19.2 Å². The van der Waals surface area contributed by atoms with E-state index in [-0.39, 0.29) is 23.8 Å². The highest BCUT2D eigenvalue weighted by molar-refractivity contribution is 5.97. The molecule has 1 aromatic carbocycles. The summed E-state index contributed by atoms with van der Waals surface area (Å²) in [4.78, 5) is 20.4. The monoisotopic (exact) mass is 288 g/mol. The zero-order valence-corrected chi connectivity index (χ0v) is 12.1.